The van der Waals surface area contributed by atoms with E-state index in [0.29, 0.717) is 12.3 Å². The fourth-order valence-corrected chi connectivity index (χ4v) is 6.05. The summed E-state index contributed by atoms with van der Waals surface area (Å²) in [5, 5.41) is 0. The van der Waals surface area contributed by atoms with Crippen molar-refractivity contribution in [2.24, 2.45) is 0 Å². The molecule has 2 atom stereocenters. The van der Waals surface area contributed by atoms with Gasteiger partial charge in [0.1, 0.15) is 5.75 Å². The maximum absolute atomic E-state index is 13.1. The number of carbonyl (C=O) groups is 1. The Hall–Kier alpha value is -2.54. The summed E-state index contributed by atoms with van der Waals surface area (Å²) in [6.45, 7) is 4.64. The van der Waals surface area contributed by atoms with Crippen LogP contribution in [0.4, 0.5) is 11.4 Å². The van der Waals surface area contributed by atoms with Gasteiger partial charge in [-0.25, -0.2) is 8.42 Å². The quantitative estimate of drug-likeness (QED) is 0.789. The van der Waals surface area contributed by atoms with Crippen molar-refractivity contribution in [3.8, 4) is 5.75 Å². The van der Waals surface area contributed by atoms with Crippen LogP contribution in [0.2, 0.25) is 0 Å². The molecule has 7 heteroatoms. The lowest BCUT2D eigenvalue weighted by Crippen LogP contribution is -2.62. The summed E-state index contributed by atoms with van der Waals surface area (Å²) in [5.74, 6) is 0.682. The Labute approximate surface area is 165 Å². The zero-order valence-corrected chi connectivity index (χ0v) is 16.9. The van der Waals surface area contributed by atoms with Crippen molar-refractivity contribution in [1.82, 2.24) is 0 Å². The van der Waals surface area contributed by atoms with E-state index in [1.807, 2.05) is 67.3 Å². The van der Waals surface area contributed by atoms with Gasteiger partial charge in [-0.2, -0.15) is 0 Å². The second-order valence-electron chi connectivity index (χ2n) is 7.37. The highest BCUT2D eigenvalue weighted by molar-refractivity contribution is 7.91. The fraction of sp³-hybridized carbons (Fsp3) is 0.381. The van der Waals surface area contributed by atoms with Crippen LogP contribution in [-0.4, -0.2) is 51.1 Å². The lowest BCUT2D eigenvalue weighted by molar-refractivity contribution is -0.118. The molecule has 0 aliphatic carbocycles. The van der Waals surface area contributed by atoms with Crippen molar-refractivity contribution >= 4 is 27.1 Å². The van der Waals surface area contributed by atoms with Crippen LogP contribution in [0, 0.1) is 6.92 Å². The number of sulfone groups is 1. The topological polar surface area (TPSA) is 66.9 Å². The Kier molecular flexibility index (Phi) is 4.79. The zero-order valence-electron chi connectivity index (χ0n) is 16.0. The van der Waals surface area contributed by atoms with Gasteiger partial charge in [0.05, 0.1) is 36.7 Å². The highest BCUT2D eigenvalue weighted by Gasteiger charge is 2.49. The van der Waals surface area contributed by atoms with Crippen LogP contribution in [0.1, 0.15) is 12.5 Å². The minimum absolute atomic E-state index is 0.0149. The van der Waals surface area contributed by atoms with Crippen LogP contribution in [0.25, 0.3) is 0 Å². The first kappa shape index (κ1) is 18.8. The Bertz CT molecular complexity index is 970. The van der Waals surface area contributed by atoms with Crippen LogP contribution in [-0.2, 0) is 14.6 Å². The second kappa shape index (κ2) is 7.13. The van der Waals surface area contributed by atoms with E-state index in [-0.39, 0.29) is 30.0 Å². The number of aryl methyl sites for hydroxylation is 1. The first-order chi connectivity index (χ1) is 13.4. The Morgan fingerprint density at radius 1 is 0.964 bits per heavy atom. The van der Waals surface area contributed by atoms with Crippen molar-refractivity contribution in [3.05, 3.63) is 54.1 Å². The molecular formula is C21H24N2O4S. The van der Waals surface area contributed by atoms with E-state index < -0.39 is 15.9 Å². The van der Waals surface area contributed by atoms with E-state index in [4.69, 9.17) is 4.74 Å². The van der Waals surface area contributed by atoms with Gasteiger partial charge in [-0.3, -0.25) is 4.79 Å². The van der Waals surface area contributed by atoms with Gasteiger partial charge < -0.3 is 14.5 Å². The molecule has 2 aromatic rings. The molecule has 6 nitrogen and oxygen atoms in total. The highest BCUT2D eigenvalue weighted by Crippen LogP contribution is 2.35. The summed E-state index contributed by atoms with van der Waals surface area (Å²) in [6.07, 6.45) is 0. The van der Waals surface area contributed by atoms with E-state index in [1.54, 1.807) is 4.90 Å². The summed E-state index contributed by atoms with van der Waals surface area (Å²) >= 11 is 0. The highest BCUT2D eigenvalue weighted by atomic mass is 32.2. The molecule has 0 bridgehead atoms. The van der Waals surface area contributed by atoms with E-state index in [1.165, 1.54) is 0 Å². The van der Waals surface area contributed by atoms with Crippen molar-refractivity contribution < 1.29 is 17.9 Å². The van der Waals surface area contributed by atoms with Crippen LogP contribution < -0.4 is 14.5 Å². The molecule has 148 valence electrons. The molecule has 28 heavy (non-hydrogen) atoms. The predicted octanol–water partition coefficient (Wildman–Crippen LogP) is 2.41. The van der Waals surface area contributed by atoms with Gasteiger partial charge in [0.25, 0.3) is 0 Å². The summed E-state index contributed by atoms with van der Waals surface area (Å²) in [7, 11) is -3.22. The van der Waals surface area contributed by atoms with E-state index >= 15 is 0 Å². The number of ether oxygens (including phenoxy) is 1. The molecule has 0 aromatic heterocycles. The molecule has 4 rings (SSSR count). The molecule has 2 unspecified atom stereocenters. The third-order valence-electron chi connectivity index (χ3n) is 5.39. The summed E-state index contributed by atoms with van der Waals surface area (Å²) < 4.78 is 30.4. The SMILES string of the molecule is CCOc1ccc(N2C(=O)CN(c3ccc(C)cc3)C3CS(=O)(=O)CC32)cc1. The molecule has 0 saturated carbocycles. The Morgan fingerprint density at radius 3 is 2.21 bits per heavy atom. The van der Waals surface area contributed by atoms with Crippen molar-refractivity contribution in [1.29, 1.82) is 0 Å². The maximum atomic E-state index is 13.1. The number of rotatable bonds is 4. The molecule has 2 fully saturated rings. The van der Waals surface area contributed by atoms with Crippen LogP contribution in [0.5, 0.6) is 5.75 Å². The lowest BCUT2D eigenvalue weighted by atomic mass is 10.0. The molecule has 2 aromatic carbocycles. The largest absolute Gasteiger partial charge is 0.494 e. The molecule has 0 radical (unpaired) electrons. The smallest absolute Gasteiger partial charge is 0.246 e. The lowest BCUT2D eigenvalue weighted by Gasteiger charge is -2.44. The van der Waals surface area contributed by atoms with Gasteiger partial charge in [-0.1, -0.05) is 17.7 Å². The van der Waals surface area contributed by atoms with Gasteiger partial charge in [-0.15, -0.1) is 0 Å². The number of hydrogen-bond donors (Lipinski definition) is 0. The monoisotopic (exact) mass is 400 g/mol. The third-order valence-corrected chi connectivity index (χ3v) is 7.09. The Morgan fingerprint density at radius 2 is 1.57 bits per heavy atom. The van der Waals surface area contributed by atoms with Gasteiger partial charge in [-0.05, 0) is 50.2 Å². The molecular weight excluding hydrogens is 376 g/mol. The van der Waals surface area contributed by atoms with Crippen molar-refractivity contribution in [2.45, 2.75) is 25.9 Å². The molecule has 2 heterocycles. The number of anilines is 2. The van der Waals surface area contributed by atoms with Crippen LogP contribution in [0.15, 0.2) is 48.5 Å². The number of nitrogens with zero attached hydrogens (tertiary/aromatic N) is 2. The standard InChI is InChI=1S/C21H24N2O4S/c1-3-27-18-10-8-17(9-11-18)23-20-14-28(25,26)13-19(20)22(12-21(23)24)16-6-4-15(2)5-7-16/h4-11,19-20H,3,12-14H2,1-2H3. The van der Waals surface area contributed by atoms with Crippen LogP contribution >= 0.6 is 0 Å². The molecule has 1 amide bonds. The maximum Gasteiger partial charge on any atom is 0.246 e. The number of fused-ring (bicyclic) bond motifs is 1. The zero-order chi connectivity index (χ0) is 19.9. The predicted molar refractivity (Wildman–Crippen MR) is 110 cm³/mol. The third kappa shape index (κ3) is 3.46. The fourth-order valence-electron chi connectivity index (χ4n) is 4.10. The number of carbonyl (C=O) groups excluding carboxylic acids is 1. The number of amides is 1. The van der Waals surface area contributed by atoms with Crippen molar-refractivity contribution in [2.75, 3.05) is 34.5 Å². The molecule has 2 aliphatic rings. The average Bonchev–Trinajstić information content (AvgIpc) is 2.98. The molecule has 0 spiro atoms. The van der Waals surface area contributed by atoms with Gasteiger partial charge in [0.2, 0.25) is 5.91 Å². The number of hydrogen-bond acceptors (Lipinski definition) is 5. The minimum Gasteiger partial charge on any atom is -0.494 e. The van der Waals surface area contributed by atoms with E-state index in [0.717, 1.165) is 17.0 Å². The summed E-state index contributed by atoms with van der Waals surface area (Å²) in [4.78, 5) is 16.7. The molecule has 0 N–H and O–H groups in total. The second-order valence-corrected chi connectivity index (χ2v) is 9.52. The van der Waals surface area contributed by atoms with Gasteiger partial charge >= 0.3 is 0 Å². The first-order valence-corrected chi connectivity index (χ1v) is 11.3. The normalized spacial score (nSPS) is 23.6. The number of benzene rings is 2. The molecule has 2 saturated heterocycles. The van der Waals surface area contributed by atoms with Gasteiger partial charge in [0, 0.05) is 11.4 Å². The number of piperazine rings is 1. The van der Waals surface area contributed by atoms with Crippen LogP contribution in [0.3, 0.4) is 0 Å². The Balaban J connectivity index is 1.69. The summed E-state index contributed by atoms with van der Waals surface area (Å²) in [6, 6.07) is 14.5. The summed E-state index contributed by atoms with van der Waals surface area (Å²) in [5.41, 5.74) is 2.72. The van der Waals surface area contributed by atoms with Crippen molar-refractivity contribution in [3.63, 3.8) is 0 Å². The van der Waals surface area contributed by atoms with E-state index in [9.17, 15) is 13.2 Å². The first-order valence-electron chi connectivity index (χ1n) is 9.46. The van der Waals surface area contributed by atoms with E-state index in [2.05, 4.69) is 0 Å². The van der Waals surface area contributed by atoms with Gasteiger partial charge in [0.15, 0.2) is 9.84 Å². The minimum atomic E-state index is -3.22. The average molecular weight is 401 g/mol. The molecule has 2 aliphatic heterocycles.